The van der Waals surface area contributed by atoms with Crippen molar-refractivity contribution in [3.8, 4) is 0 Å². The molecular weight excluding hydrogens is 312 g/mol. The van der Waals surface area contributed by atoms with E-state index in [4.69, 9.17) is 17.3 Å². The van der Waals surface area contributed by atoms with E-state index in [1.807, 2.05) is 0 Å². The second kappa shape index (κ2) is 5.23. The number of nitrogens with one attached hydrogen (secondary N) is 1. The topological polar surface area (TPSA) is 90.0 Å². The van der Waals surface area contributed by atoms with Gasteiger partial charge in [-0.2, -0.15) is 5.10 Å². The Labute approximate surface area is 129 Å². The van der Waals surface area contributed by atoms with Crippen LogP contribution in [0.15, 0.2) is 17.0 Å². The molecule has 0 aliphatic rings. The zero-order valence-corrected chi connectivity index (χ0v) is 13.8. The molecular formula is C13H17ClN4O2S. The molecule has 0 atom stereocenters. The number of nitrogens with zero attached hydrogens (tertiary/aromatic N) is 2. The summed E-state index contributed by atoms with van der Waals surface area (Å²) in [4.78, 5) is 0.0737. The number of halogens is 1. The summed E-state index contributed by atoms with van der Waals surface area (Å²) in [6, 6.07) is 2.83. The summed E-state index contributed by atoms with van der Waals surface area (Å²) in [5.74, 6) is 0. The third kappa shape index (κ3) is 2.84. The number of sulfonamides is 1. The van der Waals surface area contributed by atoms with Gasteiger partial charge >= 0.3 is 0 Å². The Morgan fingerprint density at radius 1 is 1.29 bits per heavy atom. The smallest absolute Gasteiger partial charge is 0.262 e. The first-order chi connectivity index (χ1) is 9.63. The molecule has 1 aromatic heterocycles. The molecule has 0 amide bonds. The van der Waals surface area contributed by atoms with Crippen LogP contribution in [0, 0.1) is 20.8 Å². The standard InChI is InChI=1S/C13H17ClN4O2S/c1-7-5-10(6-11(15)12(7)14)21(19,20)17-13-8(2)16-18(4)9(13)3/h5-6,17H,15H2,1-4H3. The van der Waals surface area contributed by atoms with Crippen molar-refractivity contribution in [2.75, 3.05) is 10.5 Å². The number of anilines is 2. The summed E-state index contributed by atoms with van der Waals surface area (Å²) in [5, 5.41) is 4.55. The highest BCUT2D eigenvalue weighted by atomic mass is 35.5. The highest BCUT2D eigenvalue weighted by Gasteiger charge is 2.20. The van der Waals surface area contributed by atoms with Crippen molar-refractivity contribution < 1.29 is 8.42 Å². The van der Waals surface area contributed by atoms with E-state index in [0.29, 0.717) is 22.0 Å². The van der Waals surface area contributed by atoms with Crippen molar-refractivity contribution in [1.82, 2.24) is 9.78 Å². The van der Waals surface area contributed by atoms with Gasteiger partial charge in [0, 0.05) is 7.05 Å². The van der Waals surface area contributed by atoms with E-state index in [-0.39, 0.29) is 10.6 Å². The van der Waals surface area contributed by atoms with Crippen molar-refractivity contribution in [3.05, 3.63) is 34.1 Å². The molecule has 0 saturated carbocycles. The van der Waals surface area contributed by atoms with Crippen LogP contribution in [0.2, 0.25) is 5.02 Å². The quantitative estimate of drug-likeness (QED) is 0.846. The van der Waals surface area contributed by atoms with Crippen molar-refractivity contribution >= 4 is 33.0 Å². The first-order valence-electron chi connectivity index (χ1n) is 6.22. The number of nitrogen functional groups attached to an aromatic ring is 1. The Morgan fingerprint density at radius 2 is 1.90 bits per heavy atom. The highest BCUT2D eigenvalue weighted by molar-refractivity contribution is 7.92. The predicted octanol–water partition coefficient (Wildman–Crippen LogP) is 2.38. The van der Waals surface area contributed by atoms with Crippen LogP contribution in [0.4, 0.5) is 11.4 Å². The normalized spacial score (nSPS) is 11.7. The highest BCUT2D eigenvalue weighted by Crippen LogP contribution is 2.29. The lowest BCUT2D eigenvalue weighted by molar-refractivity contribution is 0.601. The van der Waals surface area contributed by atoms with Crippen molar-refractivity contribution in [3.63, 3.8) is 0 Å². The zero-order valence-electron chi connectivity index (χ0n) is 12.2. The maximum atomic E-state index is 12.5. The van der Waals surface area contributed by atoms with E-state index in [0.717, 1.165) is 5.69 Å². The van der Waals surface area contributed by atoms with Crippen LogP contribution in [0.1, 0.15) is 17.0 Å². The molecule has 1 heterocycles. The summed E-state index contributed by atoms with van der Waals surface area (Å²) in [6.07, 6.45) is 0. The SMILES string of the molecule is Cc1cc(S(=O)(=O)Nc2c(C)nn(C)c2C)cc(N)c1Cl. The average molecular weight is 329 g/mol. The molecule has 6 nitrogen and oxygen atoms in total. The Balaban J connectivity index is 2.48. The Bertz CT molecular complexity index is 789. The van der Waals surface area contributed by atoms with Crippen LogP contribution in [0.25, 0.3) is 0 Å². The predicted molar refractivity (Wildman–Crippen MR) is 84.1 cm³/mol. The van der Waals surface area contributed by atoms with E-state index >= 15 is 0 Å². The van der Waals surface area contributed by atoms with Crippen LogP contribution in [0.5, 0.6) is 0 Å². The minimum atomic E-state index is -3.75. The van der Waals surface area contributed by atoms with Crippen LogP contribution in [-0.2, 0) is 17.1 Å². The van der Waals surface area contributed by atoms with Gasteiger partial charge in [0.15, 0.2) is 0 Å². The lowest BCUT2D eigenvalue weighted by atomic mass is 10.2. The first kappa shape index (κ1) is 15.7. The van der Waals surface area contributed by atoms with E-state index in [1.165, 1.54) is 12.1 Å². The maximum absolute atomic E-state index is 12.5. The molecule has 2 aromatic rings. The van der Waals surface area contributed by atoms with Gasteiger partial charge in [0.2, 0.25) is 0 Å². The fraction of sp³-hybridized carbons (Fsp3) is 0.308. The number of aromatic nitrogens is 2. The van der Waals surface area contributed by atoms with Gasteiger partial charge in [-0.3, -0.25) is 9.40 Å². The lowest BCUT2D eigenvalue weighted by Crippen LogP contribution is -2.15. The van der Waals surface area contributed by atoms with Gasteiger partial charge in [0.25, 0.3) is 10.0 Å². The summed E-state index contributed by atoms with van der Waals surface area (Å²) >= 11 is 5.96. The maximum Gasteiger partial charge on any atom is 0.262 e. The summed E-state index contributed by atoms with van der Waals surface area (Å²) in [6.45, 7) is 5.24. The van der Waals surface area contributed by atoms with Gasteiger partial charge in [-0.15, -0.1) is 0 Å². The zero-order chi connectivity index (χ0) is 15.9. The summed E-state index contributed by atoms with van der Waals surface area (Å²) in [5.41, 5.74) is 8.39. The number of hydrogen-bond donors (Lipinski definition) is 2. The average Bonchev–Trinajstić information content (AvgIpc) is 2.62. The Kier molecular flexibility index (Phi) is 3.90. The van der Waals surface area contributed by atoms with Gasteiger partial charge in [-0.1, -0.05) is 11.6 Å². The van der Waals surface area contributed by atoms with Gasteiger partial charge in [-0.25, -0.2) is 8.42 Å². The minimum Gasteiger partial charge on any atom is -0.397 e. The van der Waals surface area contributed by atoms with E-state index in [1.54, 1.807) is 32.5 Å². The number of benzene rings is 1. The molecule has 21 heavy (non-hydrogen) atoms. The second-order valence-corrected chi connectivity index (χ2v) is 6.98. The van der Waals surface area contributed by atoms with E-state index in [9.17, 15) is 8.42 Å². The number of nitrogens with two attached hydrogens (primary N) is 1. The molecule has 3 N–H and O–H groups in total. The molecule has 0 unspecified atom stereocenters. The lowest BCUT2D eigenvalue weighted by Gasteiger charge is -2.11. The first-order valence-corrected chi connectivity index (χ1v) is 8.08. The van der Waals surface area contributed by atoms with Gasteiger partial charge < -0.3 is 5.73 Å². The van der Waals surface area contributed by atoms with Crippen LogP contribution in [-0.4, -0.2) is 18.2 Å². The van der Waals surface area contributed by atoms with Gasteiger partial charge in [0.05, 0.1) is 32.7 Å². The largest absolute Gasteiger partial charge is 0.397 e. The molecule has 0 radical (unpaired) electrons. The molecule has 114 valence electrons. The second-order valence-electron chi connectivity index (χ2n) is 4.92. The molecule has 0 bridgehead atoms. The minimum absolute atomic E-state index is 0.0737. The fourth-order valence-electron chi connectivity index (χ4n) is 2.03. The molecule has 0 spiro atoms. The van der Waals surface area contributed by atoms with Crippen LogP contribution < -0.4 is 10.5 Å². The summed E-state index contributed by atoms with van der Waals surface area (Å²) < 4.78 is 29.1. The van der Waals surface area contributed by atoms with E-state index in [2.05, 4.69) is 9.82 Å². The molecule has 0 fully saturated rings. The van der Waals surface area contributed by atoms with Crippen LogP contribution >= 0.6 is 11.6 Å². The monoisotopic (exact) mass is 328 g/mol. The van der Waals surface area contributed by atoms with Crippen molar-refractivity contribution in [1.29, 1.82) is 0 Å². The molecule has 2 rings (SSSR count). The van der Waals surface area contributed by atoms with E-state index < -0.39 is 10.0 Å². The number of aryl methyl sites for hydroxylation is 3. The van der Waals surface area contributed by atoms with Crippen molar-refractivity contribution in [2.45, 2.75) is 25.7 Å². The number of rotatable bonds is 3. The molecule has 0 aliphatic carbocycles. The molecule has 1 aromatic carbocycles. The Morgan fingerprint density at radius 3 is 2.38 bits per heavy atom. The van der Waals surface area contributed by atoms with Crippen LogP contribution in [0.3, 0.4) is 0 Å². The molecule has 0 aliphatic heterocycles. The number of hydrogen-bond acceptors (Lipinski definition) is 4. The third-order valence-corrected chi connectivity index (χ3v) is 5.16. The van der Waals surface area contributed by atoms with Gasteiger partial charge in [-0.05, 0) is 38.5 Å². The Hall–Kier alpha value is -1.73. The fourth-order valence-corrected chi connectivity index (χ4v) is 3.44. The molecule has 0 saturated heterocycles. The molecule has 8 heteroatoms. The van der Waals surface area contributed by atoms with Crippen molar-refractivity contribution in [2.24, 2.45) is 7.05 Å². The third-order valence-electron chi connectivity index (χ3n) is 3.31. The summed E-state index contributed by atoms with van der Waals surface area (Å²) in [7, 11) is -1.99. The van der Waals surface area contributed by atoms with Gasteiger partial charge in [0.1, 0.15) is 0 Å².